The molecule has 1 heterocycles. The largest absolute Gasteiger partial charge is 0.484 e. The van der Waals surface area contributed by atoms with Crippen molar-refractivity contribution >= 4 is 35.2 Å². The van der Waals surface area contributed by atoms with Crippen molar-refractivity contribution in [2.75, 3.05) is 24.7 Å². The van der Waals surface area contributed by atoms with E-state index in [1.54, 1.807) is 40.9 Å². The number of thioether (sulfide) groups is 1. The molecule has 5 nitrogen and oxygen atoms in total. The summed E-state index contributed by atoms with van der Waals surface area (Å²) >= 11 is 7.44. The maximum atomic E-state index is 12.2. The first-order chi connectivity index (χ1) is 10.1. The number of amides is 1. The molecule has 1 amide bonds. The number of hydrogen-bond acceptors (Lipinski definition) is 4. The molecule has 0 bridgehead atoms. The third kappa shape index (κ3) is 4.82. The maximum Gasteiger partial charge on any atom is 0.305 e. The minimum absolute atomic E-state index is 0.0281. The van der Waals surface area contributed by atoms with Gasteiger partial charge in [-0.1, -0.05) is 11.6 Å². The molecule has 1 aromatic rings. The fourth-order valence-electron chi connectivity index (χ4n) is 2.11. The molecule has 1 aromatic carbocycles. The molecular formula is C14H16ClNO4S. The Hall–Kier alpha value is -1.40. The third-order valence-corrected chi connectivity index (χ3v) is 4.48. The fourth-order valence-corrected chi connectivity index (χ4v) is 3.30. The zero-order valence-electron chi connectivity index (χ0n) is 11.3. The summed E-state index contributed by atoms with van der Waals surface area (Å²) in [6, 6.07) is 6.49. The van der Waals surface area contributed by atoms with Gasteiger partial charge in [0.1, 0.15) is 5.75 Å². The smallest absolute Gasteiger partial charge is 0.305 e. The Kier molecular flexibility index (Phi) is 5.76. The molecule has 1 fully saturated rings. The molecule has 2 rings (SSSR count). The van der Waals surface area contributed by atoms with Crippen molar-refractivity contribution in [1.29, 1.82) is 0 Å². The molecule has 1 aliphatic heterocycles. The molecule has 1 N–H and O–H groups in total. The number of rotatable bonds is 5. The predicted octanol–water partition coefficient (Wildman–Crippen LogP) is 2.14. The average molecular weight is 330 g/mol. The summed E-state index contributed by atoms with van der Waals surface area (Å²) in [5, 5.41) is 9.51. The molecule has 1 unspecified atom stereocenters. The number of hydrogen-bond donors (Lipinski definition) is 1. The van der Waals surface area contributed by atoms with Crippen molar-refractivity contribution in [2.24, 2.45) is 0 Å². The maximum absolute atomic E-state index is 12.2. The van der Waals surface area contributed by atoms with Crippen LogP contribution in [0, 0.1) is 0 Å². The highest BCUT2D eigenvalue weighted by Gasteiger charge is 2.28. The van der Waals surface area contributed by atoms with Crippen LogP contribution in [0.25, 0.3) is 0 Å². The summed E-state index contributed by atoms with van der Waals surface area (Å²) in [4.78, 5) is 24.7. The van der Waals surface area contributed by atoms with E-state index in [2.05, 4.69) is 0 Å². The van der Waals surface area contributed by atoms with Crippen molar-refractivity contribution in [2.45, 2.75) is 12.5 Å². The third-order valence-electron chi connectivity index (χ3n) is 3.13. The predicted molar refractivity (Wildman–Crippen MR) is 82.0 cm³/mol. The highest BCUT2D eigenvalue weighted by atomic mass is 35.5. The van der Waals surface area contributed by atoms with Crippen LogP contribution in [0.4, 0.5) is 0 Å². The van der Waals surface area contributed by atoms with E-state index in [9.17, 15) is 9.59 Å². The Morgan fingerprint density at radius 3 is 2.76 bits per heavy atom. The Balaban J connectivity index is 1.91. The minimum atomic E-state index is -0.890. The number of carboxylic acid groups (broad SMARTS) is 1. The molecule has 7 heteroatoms. The van der Waals surface area contributed by atoms with Gasteiger partial charge in [0.15, 0.2) is 6.61 Å². The monoisotopic (exact) mass is 329 g/mol. The number of halogens is 1. The lowest BCUT2D eigenvalue weighted by Gasteiger charge is -2.34. The van der Waals surface area contributed by atoms with Gasteiger partial charge in [-0.25, -0.2) is 0 Å². The van der Waals surface area contributed by atoms with Gasteiger partial charge in [-0.15, -0.1) is 0 Å². The van der Waals surface area contributed by atoms with Gasteiger partial charge in [-0.3, -0.25) is 9.59 Å². The summed E-state index contributed by atoms with van der Waals surface area (Å²) in [5.41, 5.74) is 0. The van der Waals surface area contributed by atoms with E-state index in [-0.39, 0.29) is 25.0 Å². The second-order valence-corrected chi connectivity index (χ2v) is 6.24. The van der Waals surface area contributed by atoms with Gasteiger partial charge in [0.25, 0.3) is 5.91 Å². The van der Waals surface area contributed by atoms with Gasteiger partial charge >= 0.3 is 5.97 Å². The fraction of sp³-hybridized carbons (Fsp3) is 0.429. The summed E-state index contributed by atoms with van der Waals surface area (Å²) in [5.74, 6) is 0.964. The second kappa shape index (κ2) is 7.56. The van der Waals surface area contributed by atoms with Crippen LogP contribution in [0.5, 0.6) is 5.75 Å². The van der Waals surface area contributed by atoms with E-state index in [1.807, 2.05) is 0 Å². The van der Waals surface area contributed by atoms with Gasteiger partial charge in [0, 0.05) is 23.1 Å². The van der Waals surface area contributed by atoms with Crippen LogP contribution >= 0.6 is 23.4 Å². The van der Waals surface area contributed by atoms with Crippen LogP contribution in [-0.2, 0) is 9.59 Å². The van der Waals surface area contributed by atoms with Crippen LogP contribution in [0.2, 0.25) is 5.02 Å². The van der Waals surface area contributed by atoms with Crippen LogP contribution < -0.4 is 4.74 Å². The summed E-state index contributed by atoms with van der Waals surface area (Å²) in [6.07, 6.45) is -0.0281. The number of benzene rings is 1. The van der Waals surface area contributed by atoms with Crippen molar-refractivity contribution in [3.05, 3.63) is 29.3 Å². The number of carbonyl (C=O) groups excluding carboxylic acids is 1. The lowest BCUT2D eigenvalue weighted by atomic mass is 10.2. The number of ether oxygens (including phenoxy) is 1. The molecule has 0 radical (unpaired) electrons. The first kappa shape index (κ1) is 16.0. The summed E-state index contributed by atoms with van der Waals surface area (Å²) < 4.78 is 5.43. The zero-order chi connectivity index (χ0) is 15.2. The summed E-state index contributed by atoms with van der Waals surface area (Å²) in [6.45, 7) is 0.466. The lowest BCUT2D eigenvalue weighted by molar-refractivity contribution is -0.141. The van der Waals surface area contributed by atoms with Crippen LogP contribution in [0.1, 0.15) is 6.42 Å². The van der Waals surface area contributed by atoms with Gasteiger partial charge < -0.3 is 14.7 Å². The molecule has 1 saturated heterocycles. The van der Waals surface area contributed by atoms with Crippen molar-refractivity contribution in [1.82, 2.24) is 4.90 Å². The number of nitrogens with zero attached hydrogens (tertiary/aromatic N) is 1. The van der Waals surface area contributed by atoms with Crippen molar-refractivity contribution in [3.8, 4) is 5.75 Å². The quantitative estimate of drug-likeness (QED) is 0.896. The topological polar surface area (TPSA) is 66.8 Å². The van der Waals surface area contributed by atoms with E-state index < -0.39 is 5.97 Å². The number of carbonyl (C=O) groups is 2. The molecule has 114 valence electrons. The van der Waals surface area contributed by atoms with E-state index in [0.717, 1.165) is 5.75 Å². The standard InChI is InChI=1S/C14H16ClNO4S/c15-10-1-3-12(4-2-10)20-8-13(17)16-5-6-21-9-11(16)7-14(18)19/h1-4,11H,5-9H2,(H,18,19). The highest BCUT2D eigenvalue weighted by Crippen LogP contribution is 2.20. The van der Waals surface area contributed by atoms with Crippen LogP contribution in [0.3, 0.4) is 0 Å². The molecule has 0 aliphatic carbocycles. The van der Waals surface area contributed by atoms with Gasteiger partial charge in [0.2, 0.25) is 0 Å². The molecular weight excluding hydrogens is 314 g/mol. The first-order valence-electron chi connectivity index (χ1n) is 6.53. The highest BCUT2D eigenvalue weighted by molar-refractivity contribution is 7.99. The Morgan fingerprint density at radius 1 is 1.38 bits per heavy atom. The summed E-state index contributed by atoms with van der Waals surface area (Å²) in [7, 11) is 0. The van der Waals surface area contributed by atoms with Crippen LogP contribution in [-0.4, -0.2) is 52.6 Å². The van der Waals surface area contributed by atoms with E-state index in [0.29, 0.717) is 23.1 Å². The Labute approximate surface area is 132 Å². The minimum Gasteiger partial charge on any atom is -0.484 e. The van der Waals surface area contributed by atoms with Crippen molar-refractivity contribution < 1.29 is 19.4 Å². The van der Waals surface area contributed by atoms with E-state index in [1.165, 1.54) is 0 Å². The molecule has 0 aromatic heterocycles. The molecule has 1 aliphatic rings. The Morgan fingerprint density at radius 2 is 2.10 bits per heavy atom. The molecule has 0 saturated carbocycles. The van der Waals surface area contributed by atoms with Gasteiger partial charge in [-0.05, 0) is 24.3 Å². The molecule has 0 spiro atoms. The SMILES string of the molecule is O=C(O)CC1CSCCN1C(=O)COc1ccc(Cl)cc1. The Bertz CT molecular complexity index is 508. The second-order valence-electron chi connectivity index (χ2n) is 4.66. The van der Waals surface area contributed by atoms with E-state index >= 15 is 0 Å². The first-order valence-corrected chi connectivity index (χ1v) is 8.07. The molecule has 21 heavy (non-hydrogen) atoms. The van der Waals surface area contributed by atoms with Gasteiger partial charge in [-0.2, -0.15) is 11.8 Å². The van der Waals surface area contributed by atoms with Gasteiger partial charge in [0.05, 0.1) is 12.5 Å². The lowest BCUT2D eigenvalue weighted by Crippen LogP contribution is -2.48. The number of carboxylic acids is 1. The normalized spacial score (nSPS) is 18.3. The van der Waals surface area contributed by atoms with Crippen LogP contribution in [0.15, 0.2) is 24.3 Å². The number of aliphatic carboxylic acids is 1. The van der Waals surface area contributed by atoms with Crippen molar-refractivity contribution in [3.63, 3.8) is 0 Å². The molecule has 1 atom stereocenters. The zero-order valence-corrected chi connectivity index (χ0v) is 12.9. The van der Waals surface area contributed by atoms with E-state index in [4.69, 9.17) is 21.4 Å². The average Bonchev–Trinajstić information content (AvgIpc) is 2.46.